The lowest BCUT2D eigenvalue weighted by atomic mass is 10.1. The molecule has 0 bridgehead atoms. The van der Waals surface area contributed by atoms with E-state index in [1.165, 1.54) is 12.8 Å². The third-order valence-electron chi connectivity index (χ3n) is 3.46. The number of aromatic nitrogens is 1. The Hall–Kier alpha value is -1.11. The van der Waals surface area contributed by atoms with Crippen LogP contribution in [-0.2, 0) is 0 Å². The molecule has 1 unspecified atom stereocenters. The van der Waals surface area contributed by atoms with Crippen LogP contribution in [0.5, 0.6) is 11.5 Å². The first-order chi connectivity index (χ1) is 9.81. The van der Waals surface area contributed by atoms with Crippen molar-refractivity contribution in [3.8, 4) is 11.5 Å². The summed E-state index contributed by atoms with van der Waals surface area (Å²) in [5, 5.41) is 6.76. The number of rotatable bonds is 4. The van der Waals surface area contributed by atoms with E-state index in [2.05, 4.69) is 38.4 Å². The van der Waals surface area contributed by atoms with Gasteiger partial charge in [-0.05, 0) is 46.5 Å². The van der Waals surface area contributed by atoms with Gasteiger partial charge in [0.25, 0.3) is 0 Å². The monoisotopic (exact) mass is 352 g/mol. The van der Waals surface area contributed by atoms with Crippen molar-refractivity contribution in [2.24, 2.45) is 0 Å². The number of benzene rings is 1. The van der Waals surface area contributed by atoms with Crippen molar-refractivity contribution in [2.75, 3.05) is 6.79 Å². The molecule has 2 aliphatic rings. The molecule has 104 valence electrons. The molecule has 1 aromatic carbocycles. The lowest BCUT2D eigenvalue weighted by Gasteiger charge is -2.17. The molecule has 2 heterocycles. The molecule has 4 rings (SSSR count). The Kier molecular flexibility index (Phi) is 3.17. The van der Waals surface area contributed by atoms with Gasteiger partial charge in [-0.25, -0.2) is 4.98 Å². The largest absolute Gasteiger partial charge is 0.454 e. The topological polar surface area (TPSA) is 43.4 Å². The number of halogens is 1. The zero-order valence-corrected chi connectivity index (χ0v) is 13.0. The molecule has 1 aliphatic heterocycles. The van der Waals surface area contributed by atoms with Crippen LogP contribution in [0.2, 0.25) is 0 Å². The number of thiazole rings is 1. The lowest BCUT2D eigenvalue weighted by Crippen LogP contribution is -2.24. The Bertz CT molecular complexity index is 628. The van der Waals surface area contributed by atoms with Crippen LogP contribution in [0.3, 0.4) is 0 Å². The molecule has 1 fully saturated rings. The number of nitrogens with one attached hydrogen (secondary N) is 1. The Balaban J connectivity index is 1.74. The van der Waals surface area contributed by atoms with Crippen LogP contribution in [-0.4, -0.2) is 17.8 Å². The molecule has 4 nitrogen and oxygen atoms in total. The highest BCUT2D eigenvalue weighted by molar-refractivity contribution is 9.10. The third kappa shape index (κ3) is 2.32. The smallest absolute Gasteiger partial charge is 0.231 e. The van der Waals surface area contributed by atoms with E-state index in [4.69, 9.17) is 9.47 Å². The zero-order valence-electron chi connectivity index (χ0n) is 10.6. The van der Waals surface area contributed by atoms with Crippen molar-refractivity contribution in [1.82, 2.24) is 10.3 Å². The van der Waals surface area contributed by atoms with E-state index in [9.17, 15) is 0 Å². The summed E-state index contributed by atoms with van der Waals surface area (Å²) in [5.41, 5.74) is 1.16. The first-order valence-corrected chi connectivity index (χ1v) is 8.23. The molecule has 6 heteroatoms. The van der Waals surface area contributed by atoms with Gasteiger partial charge in [0, 0.05) is 17.6 Å². The Labute approximate surface area is 129 Å². The van der Waals surface area contributed by atoms with Crippen LogP contribution in [0, 0.1) is 0 Å². The first kappa shape index (κ1) is 12.6. The van der Waals surface area contributed by atoms with Crippen LogP contribution in [0.15, 0.2) is 28.2 Å². The third-order valence-corrected chi connectivity index (χ3v) is 4.89. The number of hydrogen-bond donors (Lipinski definition) is 1. The number of ether oxygens (including phenoxy) is 2. The Morgan fingerprint density at radius 3 is 3.00 bits per heavy atom. The van der Waals surface area contributed by atoms with Crippen LogP contribution >= 0.6 is 27.3 Å². The van der Waals surface area contributed by atoms with Crippen molar-refractivity contribution < 1.29 is 9.47 Å². The van der Waals surface area contributed by atoms with Gasteiger partial charge in [-0.1, -0.05) is 0 Å². The van der Waals surface area contributed by atoms with Crippen LogP contribution in [0.1, 0.15) is 29.5 Å². The van der Waals surface area contributed by atoms with Gasteiger partial charge >= 0.3 is 0 Å². The molecule has 0 spiro atoms. The SMILES string of the molecule is Brc1cc(C(NC2CC2)c2nccs2)cc2c1OCO2. The van der Waals surface area contributed by atoms with Crippen molar-refractivity contribution >= 4 is 27.3 Å². The highest BCUT2D eigenvalue weighted by atomic mass is 79.9. The zero-order chi connectivity index (χ0) is 13.5. The molecular formula is C14H13BrN2O2S. The molecule has 1 saturated carbocycles. The maximum atomic E-state index is 5.51. The summed E-state index contributed by atoms with van der Waals surface area (Å²) in [6, 6.07) is 4.87. The van der Waals surface area contributed by atoms with E-state index in [1.807, 2.05) is 11.6 Å². The fourth-order valence-electron chi connectivity index (χ4n) is 2.33. The van der Waals surface area contributed by atoms with Crippen molar-refractivity contribution in [3.05, 3.63) is 38.8 Å². The van der Waals surface area contributed by atoms with Gasteiger partial charge in [0.05, 0.1) is 10.5 Å². The standard InChI is InChI=1S/C14H13BrN2O2S/c15-10-5-8(6-11-13(10)19-7-18-11)12(17-9-1-2-9)14-16-3-4-20-14/h3-6,9,12,17H,1-2,7H2. The van der Waals surface area contributed by atoms with E-state index in [1.54, 1.807) is 11.3 Å². The number of nitrogens with zero attached hydrogens (tertiary/aromatic N) is 1. The summed E-state index contributed by atoms with van der Waals surface area (Å²) < 4.78 is 11.9. The summed E-state index contributed by atoms with van der Waals surface area (Å²) in [4.78, 5) is 4.47. The second-order valence-corrected chi connectivity index (χ2v) is 6.76. The average Bonchev–Trinajstić information content (AvgIpc) is 2.94. The normalized spacial score (nSPS) is 18.2. The van der Waals surface area contributed by atoms with E-state index in [0.29, 0.717) is 6.04 Å². The molecule has 1 atom stereocenters. The van der Waals surface area contributed by atoms with Crippen LogP contribution < -0.4 is 14.8 Å². The fourth-order valence-corrected chi connectivity index (χ4v) is 3.62. The van der Waals surface area contributed by atoms with Gasteiger partial charge in [-0.15, -0.1) is 11.3 Å². The van der Waals surface area contributed by atoms with E-state index in [-0.39, 0.29) is 12.8 Å². The maximum absolute atomic E-state index is 5.51. The number of fused-ring (bicyclic) bond motifs is 1. The van der Waals surface area contributed by atoms with E-state index >= 15 is 0 Å². The lowest BCUT2D eigenvalue weighted by molar-refractivity contribution is 0.173. The van der Waals surface area contributed by atoms with Crippen LogP contribution in [0.25, 0.3) is 0 Å². The van der Waals surface area contributed by atoms with Gasteiger partial charge in [-0.2, -0.15) is 0 Å². The second-order valence-electron chi connectivity index (χ2n) is 4.98. The summed E-state index contributed by atoms with van der Waals surface area (Å²) in [5.74, 6) is 1.59. The molecule has 1 aromatic heterocycles. The summed E-state index contributed by atoms with van der Waals surface area (Å²) in [6.07, 6.45) is 4.34. The quantitative estimate of drug-likeness (QED) is 0.914. The summed E-state index contributed by atoms with van der Waals surface area (Å²) in [7, 11) is 0. The van der Waals surface area contributed by atoms with E-state index in [0.717, 1.165) is 26.5 Å². The van der Waals surface area contributed by atoms with Gasteiger partial charge in [0.1, 0.15) is 5.01 Å². The molecule has 1 aliphatic carbocycles. The van der Waals surface area contributed by atoms with Crippen molar-refractivity contribution in [3.63, 3.8) is 0 Å². The molecule has 20 heavy (non-hydrogen) atoms. The van der Waals surface area contributed by atoms with Gasteiger partial charge in [-0.3, -0.25) is 0 Å². The molecule has 1 N–H and O–H groups in total. The van der Waals surface area contributed by atoms with Crippen LogP contribution in [0.4, 0.5) is 0 Å². The minimum Gasteiger partial charge on any atom is -0.454 e. The van der Waals surface area contributed by atoms with Gasteiger partial charge in [0.15, 0.2) is 11.5 Å². The number of hydrogen-bond acceptors (Lipinski definition) is 5. The maximum Gasteiger partial charge on any atom is 0.231 e. The Morgan fingerprint density at radius 1 is 1.35 bits per heavy atom. The molecule has 0 radical (unpaired) electrons. The first-order valence-electron chi connectivity index (χ1n) is 6.56. The van der Waals surface area contributed by atoms with Crippen molar-refractivity contribution in [1.29, 1.82) is 0 Å². The average molecular weight is 353 g/mol. The molecular weight excluding hydrogens is 340 g/mol. The summed E-state index contributed by atoms with van der Waals surface area (Å²) in [6.45, 7) is 0.287. The molecule has 0 saturated heterocycles. The molecule has 2 aromatic rings. The highest BCUT2D eigenvalue weighted by Crippen LogP contribution is 2.42. The minimum absolute atomic E-state index is 0.119. The van der Waals surface area contributed by atoms with Gasteiger partial charge < -0.3 is 14.8 Å². The second kappa shape index (κ2) is 5.02. The van der Waals surface area contributed by atoms with E-state index < -0.39 is 0 Å². The Morgan fingerprint density at radius 2 is 2.25 bits per heavy atom. The minimum atomic E-state index is 0.119. The predicted molar refractivity (Wildman–Crippen MR) is 80.4 cm³/mol. The highest BCUT2D eigenvalue weighted by Gasteiger charge is 2.29. The summed E-state index contributed by atoms with van der Waals surface area (Å²) >= 11 is 5.24. The van der Waals surface area contributed by atoms with Gasteiger partial charge in [0.2, 0.25) is 6.79 Å². The fraction of sp³-hybridized carbons (Fsp3) is 0.357. The predicted octanol–water partition coefficient (Wildman–Crippen LogP) is 3.48. The van der Waals surface area contributed by atoms with Crippen molar-refractivity contribution in [2.45, 2.75) is 24.9 Å². The molecule has 0 amide bonds.